The number of nitrogens with one attached hydrogen (secondary N) is 1. The van der Waals surface area contributed by atoms with Crippen LogP contribution in [0.5, 0.6) is 0 Å². The molecule has 0 radical (unpaired) electrons. The highest BCUT2D eigenvalue weighted by atomic mass is 16.1. The van der Waals surface area contributed by atoms with Crippen molar-refractivity contribution >= 4 is 6.29 Å². The van der Waals surface area contributed by atoms with Crippen molar-refractivity contribution in [1.29, 1.82) is 0 Å². The Morgan fingerprint density at radius 1 is 1.45 bits per heavy atom. The minimum Gasteiger partial charge on any atom is -0.394 e. The lowest BCUT2D eigenvalue weighted by atomic mass is 10.1. The Labute approximate surface area is 68.0 Å². The molecule has 0 atom stereocenters. The van der Waals surface area contributed by atoms with Crippen LogP contribution in [0.3, 0.4) is 0 Å². The van der Waals surface area contributed by atoms with Crippen LogP contribution in [0.15, 0.2) is 23.9 Å². The molecule has 0 unspecified atom stereocenters. The molecular weight excluding hydrogens is 138 g/mol. The fourth-order valence-electron chi connectivity index (χ4n) is 0.623. The number of carbonyl (C=O) groups excluding carboxylic acids is 1. The quantitative estimate of drug-likeness (QED) is 0.377. The van der Waals surface area contributed by atoms with E-state index in [-0.39, 0.29) is 0 Å². The molecule has 0 saturated carbocycles. The molecule has 62 valence electrons. The second-order valence-corrected chi connectivity index (χ2v) is 2.59. The summed E-state index contributed by atoms with van der Waals surface area (Å²) in [5.74, 6) is 0.300. The number of allylic oxidation sites excluding steroid dienone is 3. The first kappa shape index (κ1) is 9.95. The summed E-state index contributed by atoms with van der Waals surface area (Å²) in [4.78, 5) is 10.4. The van der Waals surface area contributed by atoms with Gasteiger partial charge in [0.15, 0.2) is 0 Å². The fraction of sp³-hybridized carbons (Fsp3) is 0.444. The van der Waals surface area contributed by atoms with Crippen molar-refractivity contribution in [3.63, 3.8) is 0 Å². The highest BCUT2D eigenvalue weighted by Crippen LogP contribution is 2.05. The third kappa shape index (κ3) is 4.37. The molecule has 0 spiro atoms. The van der Waals surface area contributed by atoms with Crippen LogP contribution in [0.4, 0.5) is 0 Å². The smallest absolute Gasteiger partial charge is 0.146 e. The Bertz CT molecular complexity index is 168. The van der Waals surface area contributed by atoms with Crippen LogP contribution in [-0.2, 0) is 4.79 Å². The van der Waals surface area contributed by atoms with E-state index in [0.29, 0.717) is 5.92 Å². The highest BCUT2D eigenvalue weighted by molar-refractivity contribution is 5.74. The van der Waals surface area contributed by atoms with Gasteiger partial charge in [0.2, 0.25) is 0 Å². The van der Waals surface area contributed by atoms with Gasteiger partial charge in [0.25, 0.3) is 0 Å². The molecule has 11 heavy (non-hydrogen) atoms. The molecule has 0 amide bonds. The van der Waals surface area contributed by atoms with E-state index in [9.17, 15) is 4.79 Å². The number of aldehydes is 1. The molecule has 0 fully saturated rings. The third-order valence-corrected chi connectivity index (χ3v) is 1.35. The monoisotopic (exact) mass is 153 g/mol. The summed E-state index contributed by atoms with van der Waals surface area (Å²) in [6, 6.07) is 0. The van der Waals surface area contributed by atoms with Gasteiger partial charge in [0, 0.05) is 7.05 Å². The number of hydrogen-bond acceptors (Lipinski definition) is 2. The summed E-state index contributed by atoms with van der Waals surface area (Å²) < 4.78 is 0. The van der Waals surface area contributed by atoms with Gasteiger partial charge in [-0.2, -0.15) is 0 Å². The SMILES string of the molecule is CN/C=C\C=C(/C=O)C(C)C. The van der Waals surface area contributed by atoms with Crippen LogP contribution < -0.4 is 5.32 Å². The minimum absolute atomic E-state index is 0.300. The first-order chi connectivity index (χ1) is 5.22. The van der Waals surface area contributed by atoms with Crippen molar-refractivity contribution in [2.75, 3.05) is 7.05 Å². The van der Waals surface area contributed by atoms with E-state index in [2.05, 4.69) is 5.32 Å². The van der Waals surface area contributed by atoms with Crippen LogP contribution in [0.25, 0.3) is 0 Å². The first-order valence-electron chi connectivity index (χ1n) is 3.71. The maximum atomic E-state index is 10.4. The molecule has 0 bridgehead atoms. The maximum absolute atomic E-state index is 10.4. The number of rotatable bonds is 4. The van der Waals surface area contributed by atoms with Crippen molar-refractivity contribution in [2.24, 2.45) is 5.92 Å². The molecule has 0 aromatic carbocycles. The van der Waals surface area contributed by atoms with Gasteiger partial charge in [-0.1, -0.05) is 19.9 Å². The van der Waals surface area contributed by atoms with E-state index in [1.54, 1.807) is 6.20 Å². The molecule has 2 nitrogen and oxygen atoms in total. The van der Waals surface area contributed by atoms with Gasteiger partial charge in [0.05, 0.1) is 0 Å². The van der Waals surface area contributed by atoms with Crippen LogP contribution in [-0.4, -0.2) is 13.3 Å². The van der Waals surface area contributed by atoms with Gasteiger partial charge in [0.1, 0.15) is 6.29 Å². The van der Waals surface area contributed by atoms with Crippen LogP contribution in [0, 0.1) is 5.92 Å². The fourth-order valence-corrected chi connectivity index (χ4v) is 0.623. The van der Waals surface area contributed by atoms with Gasteiger partial charge >= 0.3 is 0 Å². The van der Waals surface area contributed by atoms with Gasteiger partial charge in [-0.3, -0.25) is 4.79 Å². The predicted molar refractivity (Wildman–Crippen MR) is 47.2 cm³/mol. The summed E-state index contributed by atoms with van der Waals surface area (Å²) in [7, 11) is 1.82. The standard InChI is InChI=1S/C9H15NO/c1-8(2)9(7-11)5-4-6-10-3/h4-8,10H,1-3H3/b6-4-,9-5+. The van der Waals surface area contributed by atoms with Crippen molar-refractivity contribution in [3.8, 4) is 0 Å². The number of carbonyl (C=O) groups is 1. The lowest BCUT2D eigenvalue weighted by Gasteiger charge is -2.00. The van der Waals surface area contributed by atoms with Gasteiger partial charge < -0.3 is 5.32 Å². The van der Waals surface area contributed by atoms with E-state index >= 15 is 0 Å². The van der Waals surface area contributed by atoms with Crippen molar-refractivity contribution in [3.05, 3.63) is 23.9 Å². The van der Waals surface area contributed by atoms with Gasteiger partial charge in [-0.15, -0.1) is 0 Å². The van der Waals surface area contributed by atoms with E-state index < -0.39 is 0 Å². The average Bonchev–Trinajstić information content (AvgIpc) is 1.97. The first-order valence-corrected chi connectivity index (χ1v) is 3.71. The highest BCUT2D eigenvalue weighted by Gasteiger charge is 1.97. The molecular formula is C9H15NO. The van der Waals surface area contributed by atoms with Crippen molar-refractivity contribution in [2.45, 2.75) is 13.8 Å². The number of hydrogen-bond donors (Lipinski definition) is 1. The van der Waals surface area contributed by atoms with E-state index in [4.69, 9.17) is 0 Å². The Balaban J connectivity index is 4.12. The van der Waals surface area contributed by atoms with Gasteiger partial charge in [-0.25, -0.2) is 0 Å². The zero-order chi connectivity index (χ0) is 8.69. The Morgan fingerprint density at radius 2 is 2.09 bits per heavy atom. The molecule has 0 heterocycles. The summed E-state index contributed by atoms with van der Waals surface area (Å²) in [6.45, 7) is 3.99. The topological polar surface area (TPSA) is 29.1 Å². The average molecular weight is 153 g/mol. The Hall–Kier alpha value is -1.05. The molecule has 0 aromatic heterocycles. The zero-order valence-electron chi connectivity index (χ0n) is 7.29. The molecule has 1 N–H and O–H groups in total. The summed E-state index contributed by atoms with van der Waals surface area (Å²) in [5, 5.41) is 2.85. The molecule has 0 aromatic rings. The zero-order valence-corrected chi connectivity index (χ0v) is 7.29. The van der Waals surface area contributed by atoms with E-state index in [0.717, 1.165) is 11.9 Å². The molecule has 0 aliphatic heterocycles. The lowest BCUT2D eigenvalue weighted by Crippen LogP contribution is -1.95. The minimum atomic E-state index is 0.300. The molecule has 0 aliphatic carbocycles. The summed E-state index contributed by atoms with van der Waals surface area (Å²) >= 11 is 0. The van der Waals surface area contributed by atoms with E-state index in [1.807, 2.05) is 33.0 Å². The lowest BCUT2D eigenvalue weighted by molar-refractivity contribution is -0.105. The molecule has 0 rings (SSSR count). The van der Waals surface area contributed by atoms with E-state index in [1.165, 1.54) is 0 Å². The Morgan fingerprint density at radius 3 is 2.45 bits per heavy atom. The van der Waals surface area contributed by atoms with Crippen LogP contribution >= 0.6 is 0 Å². The maximum Gasteiger partial charge on any atom is 0.146 e. The molecule has 0 saturated heterocycles. The van der Waals surface area contributed by atoms with Crippen molar-refractivity contribution in [1.82, 2.24) is 5.32 Å². The molecule has 0 aliphatic rings. The molecule has 2 heteroatoms. The summed E-state index contributed by atoms with van der Waals surface area (Å²) in [5.41, 5.74) is 0.816. The predicted octanol–water partition coefficient (Wildman–Crippen LogP) is 1.50. The normalized spacial score (nSPS) is 12.5. The van der Waals surface area contributed by atoms with Gasteiger partial charge in [-0.05, 0) is 23.8 Å². The Kier molecular flexibility index (Phi) is 5.17. The summed E-state index contributed by atoms with van der Waals surface area (Å²) in [6.07, 6.45) is 6.31. The van der Waals surface area contributed by atoms with Crippen LogP contribution in [0.2, 0.25) is 0 Å². The van der Waals surface area contributed by atoms with Crippen molar-refractivity contribution < 1.29 is 4.79 Å². The second kappa shape index (κ2) is 5.71. The van der Waals surface area contributed by atoms with Crippen LogP contribution in [0.1, 0.15) is 13.8 Å². The second-order valence-electron chi connectivity index (χ2n) is 2.59. The largest absolute Gasteiger partial charge is 0.394 e. The third-order valence-electron chi connectivity index (χ3n) is 1.35.